The summed E-state index contributed by atoms with van der Waals surface area (Å²) in [6.45, 7) is 1.44. The lowest BCUT2D eigenvalue weighted by atomic mass is 10.2. The van der Waals surface area contributed by atoms with Crippen LogP contribution in [0, 0.1) is 0 Å². The van der Waals surface area contributed by atoms with Crippen molar-refractivity contribution in [2.45, 2.75) is 32.1 Å². The van der Waals surface area contributed by atoms with Gasteiger partial charge in [0, 0.05) is 13.2 Å². The van der Waals surface area contributed by atoms with Crippen LogP contribution in [-0.4, -0.2) is 48.7 Å². The van der Waals surface area contributed by atoms with Crippen LogP contribution in [0.5, 0.6) is 0 Å². The molecule has 0 fully saturated rings. The van der Waals surface area contributed by atoms with Gasteiger partial charge in [-0.1, -0.05) is 0 Å². The number of unbranched alkanes of at least 4 members (excludes halogenated alkanes) is 3. The van der Waals surface area contributed by atoms with Gasteiger partial charge in [0.05, 0.1) is 13.1 Å². The highest BCUT2D eigenvalue weighted by Crippen LogP contribution is 1.90. The molecule has 0 amide bonds. The number of aliphatic hydroxyl groups excluding tert-OH is 2. The first-order valence-electron chi connectivity index (χ1n) is 5.62. The summed E-state index contributed by atoms with van der Waals surface area (Å²) in [5, 5.41) is 16.4. The average Bonchev–Trinajstić information content (AvgIpc) is 2.35. The largest absolute Gasteiger partial charge is 0.396 e. The van der Waals surface area contributed by atoms with Crippen molar-refractivity contribution in [3.05, 3.63) is 0 Å². The van der Waals surface area contributed by atoms with Crippen molar-refractivity contribution in [2.75, 3.05) is 26.3 Å². The zero-order chi connectivity index (χ0) is 13.2. The molecular formula is C11H20N2O4. The van der Waals surface area contributed by atoms with E-state index < -0.39 is 0 Å². The molecule has 0 unspecified atom stereocenters. The molecule has 0 aliphatic heterocycles. The van der Waals surface area contributed by atoms with Crippen molar-refractivity contribution < 1.29 is 19.8 Å². The molecule has 6 heteroatoms. The third-order valence-electron chi connectivity index (χ3n) is 1.74. The van der Waals surface area contributed by atoms with Crippen molar-refractivity contribution in [2.24, 2.45) is 9.98 Å². The van der Waals surface area contributed by atoms with E-state index in [2.05, 4.69) is 9.98 Å². The Kier molecular flexibility index (Phi) is 21.4. The van der Waals surface area contributed by atoms with E-state index >= 15 is 0 Å². The normalized spacial score (nSPS) is 8.35. The van der Waals surface area contributed by atoms with Gasteiger partial charge >= 0.3 is 0 Å². The van der Waals surface area contributed by atoms with Crippen LogP contribution in [0.2, 0.25) is 0 Å². The first-order chi connectivity index (χ1) is 8.33. The molecule has 0 heterocycles. The Morgan fingerprint density at radius 2 is 1.12 bits per heavy atom. The molecule has 0 aliphatic rings. The van der Waals surface area contributed by atoms with Gasteiger partial charge in [0.2, 0.25) is 12.2 Å². The predicted molar refractivity (Wildman–Crippen MR) is 63.2 cm³/mol. The molecule has 6 nitrogen and oxygen atoms in total. The molecule has 98 valence electrons. The van der Waals surface area contributed by atoms with E-state index in [0.717, 1.165) is 32.1 Å². The summed E-state index contributed by atoms with van der Waals surface area (Å²) in [4.78, 5) is 25.7. The Labute approximate surface area is 101 Å². The molecule has 2 N–H and O–H groups in total. The Bertz CT molecular complexity index is 210. The topological polar surface area (TPSA) is 99.3 Å². The van der Waals surface area contributed by atoms with Crippen LogP contribution in [0.1, 0.15) is 32.1 Å². The zero-order valence-electron chi connectivity index (χ0n) is 9.97. The SMILES string of the molecule is O=C=NCCCCN=C=O.OCCCCCO. The van der Waals surface area contributed by atoms with Crippen molar-refractivity contribution >= 4 is 12.2 Å². The first-order valence-corrected chi connectivity index (χ1v) is 5.62. The van der Waals surface area contributed by atoms with Crippen LogP contribution in [-0.2, 0) is 9.59 Å². The second-order valence-electron chi connectivity index (χ2n) is 3.16. The van der Waals surface area contributed by atoms with E-state index in [1.807, 2.05) is 0 Å². The summed E-state index contributed by atoms with van der Waals surface area (Å²) in [7, 11) is 0. The molecule has 17 heavy (non-hydrogen) atoms. The average molecular weight is 244 g/mol. The third-order valence-corrected chi connectivity index (χ3v) is 1.74. The van der Waals surface area contributed by atoms with Crippen molar-refractivity contribution in [1.82, 2.24) is 0 Å². The maximum atomic E-state index is 9.52. The second kappa shape index (κ2) is 20.1. The molecule has 0 aromatic heterocycles. The highest BCUT2D eigenvalue weighted by atomic mass is 16.3. The Morgan fingerprint density at radius 3 is 1.41 bits per heavy atom. The lowest BCUT2D eigenvalue weighted by Gasteiger charge is -1.90. The summed E-state index contributed by atoms with van der Waals surface area (Å²) >= 11 is 0. The monoisotopic (exact) mass is 244 g/mol. The highest BCUT2D eigenvalue weighted by molar-refractivity contribution is 5.33. The van der Waals surface area contributed by atoms with Crippen LogP contribution in [0.25, 0.3) is 0 Å². The van der Waals surface area contributed by atoms with Crippen molar-refractivity contribution in [1.29, 1.82) is 0 Å². The smallest absolute Gasteiger partial charge is 0.234 e. The van der Waals surface area contributed by atoms with Crippen LogP contribution < -0.4 is 0 Å². The minimum absolute atomic E-state index is 0.250. The molecule has 0 bridgehead atoms. The van der Waals surface area contributed by atoms with Gasteiger partial charge in [0.15, 0.2) is 0 Å². The van der Waals surface area contributed by atoms with Gasteiger partial charge in [0.1, 0.15) is 0 Å². The Hall–Kier alpha value is -1.32. The van der Waals surface area contributed by atoms with Gasteiger partial charge in [-0.2, -0.15) is 0 Å². The van der Waals surface area contributed by atoms with Crippen LogP contribution in [0.4, 0.5) is 0 Å². The molecule has 0 radical (unpaired) electrons. The predicted octanol–water partition coefficient (Wildman–Crippen LogP) is 0.579. The van der Waals surface area contributed by atoms with Gasteiger partial charge in [-0.05, 0) is 32.1 Å². The fourth-order valence-corrected chi connectivity index (χ4v) is 0.873. The molecule has 0 rings (SSSR count). The first kappa shape index (κ1) is 18.1. The zero-order valence-corrected chi connectivity index (χ0v) is 9.97. The van der Waals surface area contributed by atoms with E-state index in [1.165, 1.54) is 12.2 Å². The van der Waals surface area contributed by atoms with Crippen LogP contribution in [0.15, 0.2) is 9.98 Å². The summed E-state index contributed by atoms with van der Waals surface area (Å²) in [5.74, 6) is 0. The lowest BCUT2D eigenvalue weighted by molar-refractivity contribution is 0.257. The molecule has 0 saturated heterocycles. The number of isocyanates is 2. The minimum atomic E-state index is 0.250. The maximum Gasteiger partial charge on any atom is 0.234 e. The number of rotatable bonds is 9. The van der Waals surface area contributed by atoms with E-state index in [1.54, 1.807) is 0 Å². The van der Waals surface area contributed by atoms with Crippen molar-refractivity contribution in [3.63, 3.8) is 0 Å². The maximum absolute atomic E-state index is 9.52. The summed E-state index contributed by atoms with van der Waals surface area (Å²) < 4.78 is 0. The Morgan fingerprint density at radius 1 is 0.706 bits per heavy atom. The third kappa shape index (κ3) is 25.2. The molecule has 0 aliphatic carbocycles. The molecule has 0 aromatic carbocycles. The molecular weight excluding hydrogens is 224 g/mol. The van der Waals surface area contributed by atoms with Crippen LogP contribution in [0.3, 0.4) is 0 Å². The van der Waals surface area contributed by atoms with Crippen LogP contribution >= 0.6 is 0 Å². The quantitative estimate of drug-likeness (QED) is 0.352. The number of carbonyl (C=O) groups excluding carboxylic acids is 2. The molecule has 0 aromatic rings. The van der Waals surface area contributed by atoms with E-state index in [-0.39, 0.29) is 13.2 Å². The van der Waals surface area contributed by atoms with Gasteiger partial charge < -0.3 is 10.2 Å². The van der Waals surface area contributed by atoms with E-state index in [9.17, 15) is 9.59 Å². The van der Waals surface area contributed by atoms with E-state index in [4.69, 9.17) is 10.2 Å². The summed E-state index contributed by atoms with van der Waals surface area (Å²) in [5.41, 5.74) is 0. The minimum Gasteiger partial charge on any atom is -0.396 e. The number of hydrogen-bond donors (Lipinski definition) is 2. The van der Waals surface area contributed by atoms with E-state index in [0.29, 0.717) is 13.1 Å². The highest BCUT2D eigenvalue weighted by Gasteiger charge is 1.83. The standard InChI is InChI=1S/C6H8N2O2.C5H12O2/c9-5-7-3-1-2-4-8-6-10;6-4-2-1-3-5-7/h1-4H2;6-7H,1-5H2. The number of hydrogen-bond acceptors (Lipinski definition) is 6. The van der Waals surface area contributed by atoms with Gasteiger partial charge in [-0.3, -0.25) is 0 Å². The van der Waals surface area contributed by atoms with Gasteiger partial charge in [-0.25, -0.2) is 19.6 Å². The summed E-state index contributed by atoms with van der Waals surface area (Å²) in [6, 6.07) is 0. The number of nitrogens with zero attached hydrogens (tertiary/aromatic N) is 2. The lowest BCUT2D eigenvalue weighted by Crippen LogP contribution is -1.85. The van der Waals surface area contributed by atoms with Gasteiger partial charge in [0.25, 0.3) is 0 Å². The number of aliphatic imine (C=N–C) groups is 2. The number of aliphatic hydroxyl groups is 2. The molecule has 0 atom stereocenters. The fraction of sp³-hybridized carbons (Fsp3) is 0.818. The Balaban J connectivity index is 0. The fourth-order valence-electron chi connectivity index (χ4n) is 0.873. The second-order valence-corrected chi connectivity index (χ2v) is 3.16. The molecule has 0 spiro atoms. The molecule has 0 saturated carbocycles. The summed E-state index contributed by atoms with van der Waals surface area (Å²) in [6.07, 6.45) is 6.96. The van der Waals surface area contributed by atoms with Gasteiger partial charge in [-0.15, -0.1) is 0 Å². The van der Waals surface area contributed by atoms with Crippen molar-refractivity contribution in [3.8, 4) is 0 Å².